The zero-order valence-corrected chi connectivity index (χ0v) is 20.5. The van der Waals surface area contributed by atoms with Gasteiger partial charge in [-0.25, -0.2) is 8.42 Å². The summed E-state index contributed by atoms with van der Waals surface area (Å²) < 4.78 is 28.2. The Morgan fingerprint density at radius 1 is 0.735 bits per heavy atom. The fraction of sp³-hybridized carbons (Fsp3) is 0.259. The monoisotopic (exact) mass is 472 g/mol. The highest BCUT2D eigenvalue weighted by Crippen LogP contribution is 2.28. The third-order valence-electron chi connectivity index (χ3n) is 6.69. The van der Waals surface area contributed by atoms with Gasteiger partial charge in [-0.15, -0.1) is 10.2 Å². The van der Waals surface area contributed by atoms with Gasteiger partial charge in [0.25, 0.3) is 0 Å². The zero-order valence-electron chi connectivity index (χ0n) is 19.7. The summed E-state index contributed by atoms with van der Waals surface area (Å²) in [4.78, 5) is 2.50. The van der Waals surface area contributed by atoms with Gasteiger partial charge < -0.3 is 4.90 Å². The summed E-state index contributed by atoms with van der Waals surface area (Å²) >= 11 is 0. The molecule has 0 unspecified atom stereocenters. The van der Waals surface area contributed by atoms with E-state index < -0.39 is 10.0 Å². The molecule has 4 aromatic rings. The lowest BCUT2D eigenvalue weighted by Gasteiger charge is -2.34. The van der Waals surface area contributed by atoms with E-state index in [2.05, 4.69) is 39.4 Å². The van der Waals surface area contributed by atoms with Crippen molar-refractivity contribution in [1.82, 2.24) is 14.5 Å². The average molecular weight is 473 g/mol. The molecular formula is C27H28N4O2S. The molecule has 1 aromatic heterocycles. The quantitative estimate of drug-likeness (QED) is 0.430. The largest absolute Gasteiger partial charge is 0.352 e. The molecule has 0 amide bonds. The molecule has 0 radical (unpaired) electrons. The molecule has 0 aliphatic carbocycles. The summed E-state index contributed by atoms with van der Waals surface area (Å²) in [7, 11) is -3.53. The molecule has 5 rings (SSSR count). The standard InChI is InChI=1S/C27H28N4O2S/c1-19-17-21(3)26(18-20(19)2)34(32,33)31-15-13-30(14-16-31)27-12-11-25(28-29-27)24-10-6-8-22-7-4-5-9-23(22)24/h4-12,17-18H,13-16H2,1-3H3. The maximum Gasteiger partial charge on any atom is 0.243 e. The van der Waals surface area contributed by atoms with Crippen LogP contribution < -0.4 is 4.90 Å². The molecule has 1 saturated heterocycles. The van der Waals surface area contributed by atoms with Crippen molar-refractivity contribution in [2.75, 3.05) is 31.1 Å². The molecule has 34 heavy (non-hydrogen) atoms. The summed E-state index contributed by atoms with van der Waals surface area (Å²) in [5.41, 5.74) is 4.76. The van der Waals surface area contributed by atoms with Gasteiger partial charge in [0.2, 0.25) is 10.0 Å². The molecule has 7 heteroatoms. The number of anilines is 1. The van der Waals surface area contributed by atoms with E-state index in [1.54, 1.807) is 10.4 Å². The Morgan fingerprint density at radius 2 is 1.44 bits per heavy atom. The molecule has 174 valence electrons. The Balaban J connectivity index is 1.32. The first-order valence-corrected chi connectivity index (χ1v) is 12.9. The number of nitrogens with zero attached hydrogens (tertiary/aromatic N) is 4. The van der Waals surface area contributed by atoms with E-state index in [4.69, 9.17) is 0 Å². The molecule has 0 atom stereocenters. The number of piperazine rings is 1. The lowest BCUT2D eigenvalue weighted by molar-refractivity contribution is 0.383. The number of rotatable bonds is 4. The van der Waals surface area contributed by atoms with Gasteiger partial charge in [-0.05, 0) is 66.4 Å². The van der Waals surface area contributed by atoms with E-state index in [-0.39, 0.29) is 0 Å². The number of hydrogen-bond acceptors (Lipinski definition) is 5. The predicted molar refractivity (Wildman–Crippen MR) is 137 cm³/mol. The third-order valence-corrected chi connectivity index (χ3v) is 8.73. The Morgan fingerprint density at radius 3 is 2.18 bits per heavy atom. The molecule has 1 aliphatic heterocycles. The van der Waals surface area contributed by atoms with Crippen molar-refractivity contribution in [3.8, 4) is 11.3 Å². The highest BCUT2D eigenvalue weighted by Gasteiger charge is 2.30. The smallest absolute Gasteiger partial charge is 0.243 e. The maximum atomic E-state index is 13.3. The third kappa shape index (κ3) is 4.06. The van der Waals surface area contributed by atoms with E-state index in [9.17, 15) is 8.42 Å². The summed E-state index contributed by atoms with van der Waals surface area (Å²) in [6.07, 6.45) is 0. The van der Waals surface area contributed by atoms with Gasteiger partial charge in [0.05, 0.1) is 10.6 Å². The maximum absolute atomic E-state index is 13.3. The second-order valence-electron chi connectivity index (χ2n) is 8.90. The Labute approximate surface area is 200 Å². The lowest BCUT2D eigenvalue weighted by Crippen LogP contribution is -2.49. The van der Waals surface area contributed by atoms with Crippen LogP contribution in [0.15, 0.2) is 71.6 Å². The van der Waals surface area contributed by atoms with E-state index in [1.165, 1.54) is 5.39 Å². The fourth-order valence-electron chi connectivity index (χ4n) is 4.59. The van der Waals surface area contributed by atoms with Crippen LogP contribution in [-0.4, -0.2) is 49.1 Å². The molecule has 1 aliphatic rings. The van der Waals surface area contributed by atoms with Crippen molar-refractivity contribution in [2.45, 2.75) is 25.7 Å². The van der Waals surface area contributed by atoms with Crippen molar-refractivity contribution < 1.29 is 8.42 Å². The van der Waals surface area contributed by atoms with Crippen LogP contribution in [0.3, 0.4) is 0 Å². The highest BCUT2D eigenvalue weighted by molar-refractivity contribution is 7.89. The van der Waals surface area contributed by atoms with Crippen molar-refractivity contribution in [3.05, 3.63) is 83.4 Å². The van der Waals surface area contributed by atoms with Gasteiger partial charge in [0.1, 0.15) is 0 Å². The van der Waals surface area contributed by atoms with Gasteiger partial charge in [-0.1, -0.05) is 48.5 Å². The fourth-order valence-corrected chi connectivity index (χ4v) is 6.31. The van der Waals surface area contributed by atoms with Gasteiger partial charge in [0.15, 0.2) is 5.82 Å². The average Bonchev–Trinajstić information content (AvgIpc) is 2.86. The van der Waals surface area contributed by atoms with Crippen molar-refractivity contribution in [2.24, 2.45) is 0 Å². The second kappa shape index (κ2) is 8.81. The van der Waals surface area contributed by atoms with E-state index in [0.717, 1.165) is 39.2 Å². The number of hydrogen-bond donors (Lipinski definition) is 0. The van der Waals surface area contributed by atoms with Crippen LogP contribution in [0, 0.1) is 20.8 Å². The van der Waals surface area contributed by atoms with Gasteiger partial charge in [0, 0.05) is 31.7 Å². The van der Waals surface area contributed by atoms with Gasteiger partial charge in [-0.3, -0.25) is 0 Å². The summed E-state index contributed by atoms with van der Waals surface area (Å²) in [6.45, 7) is 7.80. The first kappa shape index (κ1) is 22.5. The SMILES string of the molecule is Cc1cc(C)c(S(=O)(=O)N2CCN(c3ccc(-c4cccc5ccccc45)nn3)CC2)cc1C. The van der Waals surface area contributed by atoms with Crippen LogP contribution >= 0.6 is 0 Å². The first-order chi connectivity index (χ1) is 16.3. The van der Waals surface area contributed by atoms with Crippen molar-refractivity contribution in [1.29, 1.82) is 0 Å². The predicted octanol–water partition coefficient (Wildman–Crippen LogP) is 4.73. The van der Waals surface area contributed by atoms with Crippen LogP contribution in [0.2, 0.25) is 0 Å². The van der Waals surface area contributed by atoms with Crippen LogP contribution in [0.1, 0.15) is 16.7 Å². The Kier molecular flexibility index (Phi) is 5.83. The lowest BCUT2D eigenvalue weighted by atomic mass is 10.0. The number of fused-ring (bicyclic) bond motifs is 1. The summed E-state index contributed by atoms with van der Waals surface area (Å²) in [5, 5.41) is 11.3. The number of aryl methyl sites for hydroxylation is 3. The molecule has 1 fully saturated rings. The minimum Gasteiger partial charge on any atom is -0.352 e. The van der Waals surface area contributed by atoms with Crippen LogP contribution in [0.5, 0.6) is 0 Å². The number of aromatic nitrogens is 2. The van der Waals surface area contributed by atoms with E-state index in [0.29, 0.717) is 31.1 Å². The first-order valence-electron chi connectivity index (χ1n) is 11.5. The topological polar surface area (TPSA) is 66.4 Å². The van der Waals surface area contributed by atoms with Gasteiger partial charge in [-0.2, -0.15) is 4.31 Å². The zero-order chi connectivity index (χ0) is 23.9. The molecule has 0 spiro atoms. The molecule has 6 nitrogen and oxygen atoms in total. The van der Waals surface area contributed by atoms with Gasteiger partial charge >= 0.3 is 0 Å². The van der Waals surface area contributed by atoms with E-state index >= 15 is 0 Å². The molecular weight excluding hydrogens is 444 g/mol. The molecule has 2 heterocycles. The molecule has 0 N–H and O–H groups in total. The van der Waals surface area contributed by atoms with E-state index in [1.807, 2.05) is 57.2 Å². The second-order valence-corrected chi connectivity index (χ2v) is 10.8. The Hall–Kier alpha value is -3.29. The summed E-state index contributed by atoms with van der Waals surface area (Å²) in [5.74, 6) is 0.767. The normalized spacial score (nSPS) is 15.1. The Bertz CT molecular complexity index is 1450. The minimum absolute atomic E-state index is 0.406. The highest BCUT2D eigenvalue weighted by atomic mass is 32.2. The van der Waals surface area contributed by atoms with Crippen LogP contribution in [-0.2, 0) is 10.0 Å². The molecule has 0 bridgehead atoms. The minimum atomic E-state index is -3.53. The number of sulfonamides is 1. The summed E-state index contributed by atoms with van der Waals surface area (Å²) in [6, 6.07) is 22.1. The van der Waals surface area contributed by atoms with Crippen molar-refractivity contribution in [3.63, 3.8) is 0 Å². The van der Waals surface area contributed by atoms with Crippen LogP contribution in [0.25, 0.3) is 22.0 Å². The molecule has 3 aromatic carbocycles. The molecule has 0 saturated carbocycles. The van der Waals surface area contributed by atoms with Crippen molar-refractivity contribution >= 4 is 26.6 Å². The van der Waals surface area contributed by atoms with Crippen LogP contribution in [0.4, 0.5) is 5.82 Å². The number of benzene rings is 3.